The summed E-state index contributed by atoms with van der Waals surface area (Å²) in [7, 11) is 0. The van der Waals surface area contributed by atoms with Crippen molar-refractivity contribution in [2.24, 2.45) is 0 Å². The van der Waals surface area contributed by atoms with Crippen molar-refractivity contribution >= 4 is 17.8 Å². The van der Waals surface area contributed by atoms with Crippen LogP contribution in [0.15, 0.2) is 12.3 Å². The van der Waals surface area contributed by atoms with E-state index in [0.717, 1.165) is 12.1 Å². The molecule has 2 rings (SSSR count). The molecule has 2 atom stereocenters. The predicted molar refractivity (Wildman–Crippen MR) is 87.5 cm³/mol. The molecule has 0 aromatic carbocycles. The molecule has 1 aliphatic rings. The molecule has 118 valence electrons. The highest BCUT2D eigenvalue weighted by Gasteiger charge is 2.25. The number of urea groups is 1. The number of nitrogens with zero attached hydrogens (tertiary/aromatic N) is 2. The Balaban J connectivity index is 1.78. The highest BCUT2D eigenvalue weighted by molar-refractivity contribution is 7.99. The quantitative estimate of drug-likeness (QED) is 0.879. The van der Waals surface area contributed by atoms with Gasteiger partial charge in [-0.3, -0.25) is 4.68 Å². The lowest BCUT2D eigenvalue weighted by Gasteiger charge is -2.30. The Morgan fingerprint density at radius 1 is 1.48 bits per heavy atom. The van der Waals surface area contributed by atoms with E-state index in [4.69, 9.17) is 0 Å². The Bertz CT molecular complexity index is 460. The van der Waals surface area contributed by atoms with Gasteiger partial charge >= 0.3 is 6.03 Å². The van der Waals surface area contributed by atoms with Gasteiger partial charge in [0.15, 0.2) is 0 Å². The van der Waals surface area contributed by atoms with Crippen LogP contribution < -0.4 is 10.6 Å². The summed E-state index contributed by atoms with van der Waals surface area (Å²) in [6.45, 7) is 4.65. The van der Waals surface area contributed by atoms with Gasteiger partial charge in [-0.2, -0.15) is 16.9 Å². The van der Waals surface area contributed by atoms with Crippen molar-refractivity contribution in [3.05, 3.63) is 18.0 Å². The number of rotatable bonds is 5. The van der Waals surface area contributed by atoms with Crippen molar-refractivity contribution in [2.45, 2.75) is 63.4 Å². The van der Waals surface area contributed by atoms with Crippen LogP contribution in [0.3, 0.4) is 0 Å². The van der Waals surface area contributed by atoms with Crippen LogP contribution in [0.5, 0.6) is 0 Å². The molecule has 1 aliphatic carbocycles. The van der Waals surface area contributed by atoms with Crippen molar-refractivity contribution in [3.63, 3.8) is 0 Å². The molecule has 0 aliphatic heterocycles. The monoisotopic (exact) mass is 310 g/mol. The molecular formula is C15H26N4OS. The third-order valence-electron chi connectivity index (χ3n) is 3.94. The first kappa shape index (κ1) is 16.2. The molecule has 0 spiro atoms. The van der Waals surface area contributed by atoms with Crippen molar-refractivity contribution in [3.8, 4) is 0 Å². The normalized spacial score (nSPS) is 22.3. The topological polar surface area (TPSA) is 59.0 Å². The summed E-state index contributed by atoms with van der Waals surface area (Å²) in [4.78, 5) is 12.0. The maximum Gasteiger partial charge on any atom is 0.315 e. The molecule has 0 unspecified atom stereocenters. The summed E-state index contributed by atoms with van der Waals surface area (Å²) in [5.74, 6) is 0. The molecule has 21 heavy (non-hydrogen) atoms. The van der Waals surface area contributed by atoms with Crippen LogP contribution in [0, 0.1) is 0 Å². The highest BCUT2D eigenvalue weighted by Crippen LogP contribution is 2.26. The standard InChI is InChI=1S/C15H26N4OS/c1-11(2)19-9-8-12(18-19)10-16-15(20)17-13-6-4-5-7-14(13)21-3/h8-9,11,13-14H,4-7,10H2,1-3H3,(H2,16,17,20)/t13-,14+/m0/s1. The fraction of sp³-hybridized carbons (Fsp3) is 0.733. The SMILES string of the molecule is CS[C@@H]1CCCC[C@@H]1NC(=O)NCc1ccn(C(C)C)n1. The summed E-state index contributed by atoms with van der Waals surface area (Å²) in [5.41, 5.74) is 0.893. The van der Waals surface area contributed by atoms with Crippen LogP contribution in [0.4, 0.5) is 4.79 Å². The van der Waals surface area contributed by atoms with Crippen molar-refractivity contribution < 1.29 is 4.79 Å². The zero-order valence-corrected chi connectivity index (χ0v) is 13.9. The number of nitrogens with one attached hydrogen (secondary N) is 2. The maximum atomic E-state index is 12.0. The summed E-state index contributed by atoms with van der Waals surface area (Å²) in [6, 6.07) is 2.50. The van der Waals surface area contributed by atoms with Gasteiger partial charge in [0.1, 0.15) is 0 Å². The number of hydrogen-bond acceptors (Lipinski definition) is 3. The number of thioether (sulfide) groups is 1. The van der Waals surface area contributed by atoms with Crippen molar-refractivity contribution in [1.82, 2.24) is 20.4 Å². The van der Waals surface area contributed by atoms with Gasteiger partial charge in [-0.15, -0.1) is 0 Å². The lowest BCUT2D eigenvalue weighted by molar-refractivity contribution is 0.233. The fourth-order valence-electron chi connectivity index (χ4n) is 2.69. The van der Waals surface area contributed by atoms with E-state index < -0.39 is 0 Å². The van der Waals surface area contributed by atoms with E-state index in [9.17, 15) is 4.79 Å². The minimum absolute atomic E-state index is 0.0833. The van der Waals surface area contributed by atoms with Crippen molar-refractivity contribution in [2.75, 3.05) is 6.26 Å². The first-order chi connectivity index (χ1) is 10.1. The zero-order chi connectivity index (χ0) is 15.2. The maximum absolute atomic E-state index is 12.0. The lowest BCUT2D eigenvalue weighted by Crippen LogP contribution is -2.47. The average molecular weight is 310 g/mol. The zero-order valence-electron chi connectivity index (χ0n) is 13.1. The second-order valence-corrected chi connectivity index (χ2v) is 6.95. The smallest absolute Gasteiger partial charge is 0.315 e. The molecule has 2 amide bonds. The molecule has 1 heterocycles. The number of amides is 2. The minimum Gasteiger partial charge on any atom is -0.334 e. The molecule has 1 saturated carbocycles. The number of carbonyl (C=O) groups excluding carboxylic acids is 1. The number of carbonyl (C=O) groups is 1. The van der Waals surface area contributed by atoms with E-state index in [2.05, 4.69) is 35.8 Å². The van der Waals surface area contributed by atoms with Gasteiger partial charge in [0.2, 0.25) is 0 Å². The average Bonchev–Trinajstić information content (AvgIpc) is 2.95. The third kappa shape index (κ3) is 4.66. The Kier molecular flexibility index (Phi) is 5.96. The van der Waals surface area contributed by atoms with E-state index in [1.165, 1.54) is 19.3 Å². The molecule has 6 heteroatoms. The summed E-state index contributed by atoms with van der Waals surface area (Å²) >= 11 is 1.86. The van der Waals surface area contributed by atoms with Gasteiger partial charge in [-0.1, -0.05) is 12.8 Å². The second kappa shape index (κ2) is 7.73. The van der Waals surface area contributed by atoms with Crippen LogP contribution in [-0.2, 0) is 6.54 Å². The van der Waals surface area contributed by atoms with Gasteiger partial charge < -0.3 is 10.6 Å². The van der Waals surface area contributed by atoms with Gasteiger partial charge in [-0.05, 0) is 39.0 Å². The number of aromatic nitrogens is 2. The third-order valence-corrected chi connectivity index (χ3v) is 5.11. The Morgan fingerprint density at radius 3 is 2.90 bits per heavy atom. The molecule has 1 aromatic heterocycles. The molecule has 0 radical (unpaired) electrons. The summed E-state index contributed by atoms with van der Waals surface area (Å²) in [6.07, 6.45) is 8.84. The van der Waals surface area contributed by atoms with E-state index in [-0.39, 0.29) is 6.03 Å². The van der Waals surface area contributed by atoms with E-state index in [1.807, 2.05) is 28.7 Å². The van der Waals surface area contributed by atoms with Crippen LogP contribution in [0.1, 0.15) is 51.3 Å². The van der Waals surface area contributed by atoms with Gasteiger partial charge in [0.25, 0.3) is 0 Å². The van der Waals surface area contributed by atoms with Gasteiger partial charge in [0.05, 0.1) is 12.2 Å². The largest absolute Gasteiger partial charge is 0.334 e. The molecule has 0 saturated heterocycles. The first-order valence-corrected chi connectivity index (χ1v) is 9.00. The minimum atomic E-state index is -0.0833. The van der Waals surface area contributed by atoms with E-state index in [1.54, 1.807) is 0 Å². The van der Waals surface area contributed by atoms with Crippen LogP contribution >= 0.6 is 11.8 Å². The van der Waals surface area contributed by atoms with Crippen LogP contribution in [0.25, 0.3) is 0 Å². The molecule has 2 N–H and O–H groups in total. The molecule has 0 bridgehead atoms. The lowest BCUT2D eigenvalue weighted by atomic mass is 9.95. The van der Waals surface area contributed by atoms with Gasteiger partial charge in [-0.25, -0.2) is 4.79 Å². The highest BCUT2D eigenvalue weighted by atomic mass is 32.2. The number of hydrogen-bond donors (Lipinski definition) is 2. The summed E-state index contributed by atoms with van der Waals surface area (Å²) in [5, 5.41) is 11.0. The molecular weight excluding hydrogens is 284 g/mol. The predicted octanol–water partition coefficient (Wildman–Crippen LogP) is 2.94. The Hall–Kier alpha value is -1.17. The fourth-order valence-corrected chi connectivity index (χ4v) is 3.63. The Labute approximate surface area is 131 Å². The van der Waals surface area contributed by atoms with Gasteiger partial charge in [0, 0.05) is 23.5 Å². The van der Waals surface area contributed by atoms with E-state index >= 15 is 0 Å². The van der Waals surface area contributed by atoms with Crippen molar-refractivity contribution in [1.29, 1.82) is 0 Å². The summed E-state index contributed by atoms with van der Waals surface area (Å²) < 4.78 is 1.90. The first-order valence-electron chi connectivity index (χ1n) is 7.71. The van der Waals surface area contributed by atoms with Crippen LogP contribution in [-0.4, -0.2) is 33.4 Å². The molecule has 1 fully saturated rings. The van der Waals surface area contributed by atoms with Crippen LogP contribution in [0.2, 0.25) is 0 Å². The molecule has 5 nitrogen and oxygen atoms in total. The molecule has 1 aromatic rings. The Morgan fingerprint density at radius 2 is 2.24 bits per heavy atom. The second-order valence-electron chi connectivity index (χ2n) is 5.87. The van der Waals surface area contributed by atoms with E-state index in [0.29, 0.717) is 23.9 Å².